The summed E-state index contributed by atoms with van der Waals surface area (Å²) in [6, 6.07) is 12.5. The van der Waals surface area contributed by atoms with E-state index in [0.29, 0.717) is 33.7 Å². The number of nitrogens with one attached hydrogen (secondary N) is 1. The van der Waals surface area contributed by atoms with Crippen LogP contribution in [0.2, 0.25) is 10.0 Å². The second kappa shape index (κ2) is 11.5. The zero-order chi connectivity index (χ0) is 22.1. The summed E-state index contributed by atoms with van der Waals surface area (Å²) in [5.41, 5.74) is 1.48. The Morgan fingerprint density at radius 2 is 1.90 bits per heavy atom. The van der Waals surface area contributed by atoms with Gasteiger partial charge in [-0.15, -0.1) is 0 Å². The van der Waals surface area contributed by atoms with E-state index in [4.69, 9.17) is 32.7 Å². The number of rotatable bonds is 9. The number of nitriles is 1. The number of hydrogen-bond acceptors (Lipinski definition) is 4. The molecule has 2 rings (SSSR count). The summed E-state index contributed by atoms with van der Waals surface area (Å²) in [5.74, 6) is 0.405. The molecule has 0 fully saturated rings. The number of benzene rings is 2. The second-order valence-electron chi connectivity index (χ2n) is 6.63. The van der Waals surface area contributed by atoms with Crippen LogP contribution >= 0.6 is 23.2 Å². The van der Waals surface area contributed by atoms with Crippen molar-refractivity contribution in [3.8, 4) is 17.6 Å². The van der Waals surface area contributed by atoms with E-state index in [1.165, 1.54) is 6.08 Å². The molecule has 1 atom stereocenters. The molecule has 0 unspecified atom stereocenters. The number of hydrogen-bond donors (Lipinski definition) is 1. The van der Waals surface area contributed by atoms with E-state index >= 15 is 0 Å². The van der Waals surface area contributed by atoms with Crippen molar-refractivity contribution >= 4 is 35.2 Å². The van der Waals surface area contributed by atoms with Gasteiger partial charge in [-0.1, -0.05) is 42.3 Å². The lowest BCUT2D eigenvalue weighted by molar-refractivity contribution is -0.117. The van der Waals surface area contributed by atoms with Gasteiger partial charge in [-0.05, 0) is 61.7 Å². The molecule has 0 bridgehead atoms. The molecule has 0 saturated heterocycles. The fourth-order valence-electron chi connectivity index (χ4n) is 2.53. The molecule has 0 aliphatic carbocycles. The van der Waals surface area contributed by atoms with Gasteiger partial charge in [0.05, 0.1) is 11.6 Å². The van der Waals surface area contributed by atoms with Gasteiger partial charge in [-0.2, -0.15) is 5.26 Å². The highest BCUT2D eigenvalue weighted by molar-refractivity contribution is 6.32. The highest BCUT2D eigenvalue weighted by Gasteiger charge is 2.15. The van der Waals surface area contributed by atoms with Gasteiger partial charge in [-0.25, -0.2) is 0 Å². The van der Waals surface area contributed by atoms with Crippen LogP contribution in [0, 0.1) is 11.3 Å². The van der Waals surface area contributed by atoms with Crippen molar-refractivity contribution in [2.75, 3.05) is 6.61 Å². The predicted octanol–water partition coefficient (Wildman–Crippen LogP) is 5.79. The highest BCUT2D eigenvalue weighted by Crippen LogP contribution is 2.38. The van der Waals surface area contributed by atoms with Gasteiger partial charge in [0.15, 0.2) is 11.5 Å². The number of halogens is 2. The maximum absolute atomic E-state index is 12.3. The topological polar surface area (TPSA) is 71.3 Å². The predicted molar refractivity (Wildman–Crippen MR) is 120 cm³/mol. The molecule has 2 aromatic rings. The molecule has 0 heterocycles. The van der Waals surface area contributed by atoms with E-state index in [9.17, 15) is 10.1 Å². The van der Waals surface area contributed by atoms with Crippen LogP contribution < -0.4 is 14.8 Å². The Hall–Kier alpha value is -2.68. The van der Waals surface area contributed by atoms with Gasteiger partial charge in [0.2, 0.25) is 0 Å². The van der Waals surface area contributed by atoms with Crippen molar-refractivity contribution in [2.24, 2.45) is 0 Å². The average molecular weight is 447 g/mol. The monoisotopic (exact) mass is 446 g/mol. The third kappa shape index (κ3) is 6.69. The van der Waals surface area contributed by atoms with Crippen molar-refractivity contribution in [1.29, 1.82) is 5.26 Å². The van der Waals surface area contributed by atoms with Crippen LogP contribution in [-0.4, -0.2) is 18.6 Å². The number of carbonyl (C=O) groups is 1. The molecule has 2 aromatic carbocycles. The molecule has 30 heavy (non-hydrogen) atoms. The molecule has 0 aromatic heterocycles. The molecule has 7 heteroatoms. The van der Waals surface area contributed by atoms with Crippen LogP contribution in [0.25, 0.3) is 6.08 Å². The Bertz CT molecular complexity index is 950. The first kappa shape index (κ1) is 23.6. The molecule has 1 amide bonds. The van der Waals surface area contributed by atoms with Crippen LogP contribution in [0.1, 0.15) is 38.3 Å². The molecule has 0 spiro atoms. The first-order chi connectivity index (χ1) is 14.4. The summed E-state index contributed by atoms with van der Waals surface area (Å²) in [5, 5.41) is 13.1. The van der Waals surface area contributed by atoms with Gasteiger partial charge in [0.1, 0.15) is 18.2 Å². The van der Waals surface area contributed by atoms with Gasteiger partial charge in [0, 0.05) is 11.1 Å². The summed E-state index contributed by atoms with van der Waals surface area (Å²) in [6.07, 6.45) is 2.25. The van der Waals surface area contributed by atoms with E-state index in [1.807, 2.05) is 39.0 Å². The van der Waals surface area contributed by atoms with E-state index in [-0.39, 0.29) is 18.2 Å². The third-order valence-electron chi connectivity index (χ3n) is 4.29. The van der Waals surface area contributed by atoms with Gasteiger partial charge >= 0.3 is 0 Å². The lowest BCUT2D eigenvalue weighted by Crippen LogP contribution is -2.32. The summed E-state index contributed by atoms with van der Waals surface area (Å²) >= 11 is 12.3. The molecular weight excluding hydrogens is 423 g/mol. The lowest BCUT2D eigenvalue weighted by Gasteiger charge is -2.15. The summed E-state index contributed by atoms with van der Waals surface area (Å²) in [6.45, 7) is 6.37. The van der Waals surface area contributed by atoms with Gasteiger partial charge in [-0.3, -0.25) is 4.79 Å². The fraction of sp³-hybridized carbons (Fsp3) is 0.304. The molecule has 0 saturated carbocycles. The first-order valence-electron chi connectivity index (χ1n) is 9.64. The van der Waals surface area contributed by atoms with Crippen LogP contribution in [0.3, 0.4) is 0 Å². The quantitative estimate of drug-likeness (QED) is 0.390. The maximum atomic E-state index is 12.3. The van der Waals surface area contributed by atoms with Crippen molar-refractivity contribution in [3.05, 3.63) is 63.1 Å². The van der Waals surface area contributed by atoms with Crippen molar-refractivity contribution < 1.29 is 14.3 Å². The number of amides is 1. The Kier molecular flexibility index (Phi) is 9.04. The minimum atomic E-state index is -0.427. The zero-order valence-corrected chi connectivity index (χ0v) is 18.7. The van der Waals surface area contributed by atoms with Crippen molar-refractivity contribution in [1.82, 2.24) is 5.32 Å². The van der Waals surface area contributed by atoms with E-state index in [0.717, 1.165) is 12.0 Å². The number of carbonyl (C=O) groups excluding carboxylic acids is 1. The number of nitrogens with zero attached hydrogens (tertiary/aromatic N) is 1. The summed E-state index contributed by atoms with van der Waals surface area (Å²) in [4.78, 5) is 12.3. The average Bonchev–Trinajstić information content (AvgIpc) is 2.72. The third-order valence-corrected chi connectivity index (χ3v) is 4.83. The van der Waals surface area contributed by atoms with Gasteiger partial charge < -0.3 is 14.8 Å². The smallest absolute Gasteiger partial charge is 0.262 e. The van der Waals surface area contributed by atoms with Crippen molar-refractivity contribution in [3.63, 3.8) is 0 Å². The minimum Gasteiger partial charge on any atom is -0.490 e. The van der Waals surface area contributed by atoms with E-state index in [2.05, 4.69) is 5.32 Å². The van der Waals surface area contributed by atoms with Crippen LogP contribution in [0.4, 0.5) is 0 Å². The van der Waals surface area contributed by atoms with Crippen LogP contribution in [-0.2, 0) is 11.4 Å². The second-order valence-corrected chi connectivity index (χ2v) is 7.47. The first-order valence-corrected chi connectivity index (χ1v) is 10.4. The van der Waals surface area contributed by atoms with Crippen LogP contribution in [0.5, 0.6) is 11.5 Å². The molecule has 0 aliphatic rings. The fourth-order valence-corrected chi connectivity index (χ4v) is 2.93. The van der Waals surface area contributed by atoms with E-state index in [1.54, 1.807) is 24.3 Å². The normalized spacial score (nSPS) is 12.1. The molecule has 0 aliphatic heterocycles. The Labute approximate surface area is 187 Å². The minimum absolute atomic E-state index is 0.0105. The summed E-state index contributed by atoms with van der Waals surface area (Å²) in [7, 11) is 0. The van der Waals surface area contributed by atoms with E-state index < -0.39 is 5.91 Å². The summed E-state index contributed by atoms with van der Waals surface area (Å²) < 4.78 is 11.6. The molecule has 1 N–H and O–H groups in total. The molecule has 158 valence electrons. The molecule has 5 nitrogen and oxygen atoms in total. The standard InChI is InChI=1S/C23H24Cl2N2O3/c1-4-15(3)27-23(28)18(13-26)10-17-11-20(25)22(21(12-17)29-5-2)30-14-16-6-8-19(24)9-7-16/h6-12,15H,4-5,14H2,1-3H3,(H,27,28)/b18-10+/t15-/m1/s1. The highest BCUT2D eigenvalue weighted by atomic mass is 35.5. The lowest BCUT2D eigenvalue weighted by atomic mass is 10.1. The Morgan fingerprint density at radius 3 is 2.50 bits per heavy atom. The van der Waals surface area contributed by atoms with Gasteiger partial charge in [0.25, 0.3) is 5.91 Å². The Morgan fingerprint density at radius 1 is 1.20 bits per heavy atom. The Balaban J connectivity index is 2.29. The van der Waals surface area contributed by atoms with Crippen molar-refractivity contribution in [2.45, 2.75) is 39.8 Å². The number of ether oxygens (including phenoxy) is 2. The molecule has 0 radical (unpaired) electrons. The zero-order valence-electron chi connectivity index (χ0n) is 17.2. The van der Waals surface area contributed by atoms with Crippen LogP contribution in [0.15, 0.2) is 42.0 Å². The largest absolute Gasteiger partial charge is 0.490 e. The maximum Gasteiger partial charge on any atom is 0.262 e. The molecular formula is C23H24Cl2N2O3. The SMILES string of the molecule is CCOc1cc(/C=C(\C#N)C(=O)N[C@H](C)CC)cc(Cl)c1OCc1ccc(Cl)cc1.